The van der Waals surface area contributed by atoms with Crippen LogP contribution in [0.1, 0.15) is 59.3 Å². The molecule has 2 aliphatic heterocycles. The number of fused-ring (bicyclic) bond motifs is 2. The summed E-state index contributed by atoms with van der Waals surface area (Å²) in [6.45, 7) is 8.38. The summed E-state index contributed by atoms with van der Waals surface area (Å²) in [5, 5.41) is 3.68. The maximum absolute atomic E-state index is 3.68. The second kappa shape index (κ2) is 4.24. The minimum atomic E-state index is 0.475. The molecule has 2 nitrogen and oxygen atoms in total. The van der Waals surface area contributed by atoms with Gasteiger partial charge in [0.15, 0.2) is 0 Å². The van der Waals surface area contributed by atoms with Crippen molar-refractivity contribution >= 4 is 0 Å². The third kappa shape index (κ3) is 2.04. The van der Waals surface area contributed by atoms with Crippen molar-refractivity contribution in [1.82, 2.24) is 10.2 Å². The zero-order valence-corrected chi connectivity index (χ0v) is 11.7. The lowest BCUT2D eigenvalue weighted by molar-refractivity contribution is 0.00769. The molecule has 2 atom stereocenters. The van der Waals surface area contributed by atoms with Gasteiger partial charge in [0.2, 0.25) is 0 Å². The molecule has 2 heteroatoms. The first-order valence-corrected chi connectivity index (χ1v) is 7.64. The Bertz CT molecular complexity index is 269. The van der Waals surface area contributed by atoms with E-state index in [-0.39, 0.29) is 0 Å². The van der Waals surface area contributed by atoms with E-state index in [0.717, 1.165) is 30.6 Å². The van der Waals surface area contributed by atoms with E-state index in [1.807, 2.05) is 0 Å². The quantitative estimate of drug-likeness (QED) is 0.807. The summed E-state index contributed by atoms with van der Waals surface area (Å²) in [6, 6.07) is 2.53. The molecule has 1 saturated carbocycles. The molecule has 0 aromatic rings. The highest BCUT2D eigenvalue weighted by atomic mass is 15.3. The normalized spacial score (nSPS) is 38.6. The first-order valence-electron chi connectivity index (χ1n) is 7.64. The number of nitrogens with one attached hydrogen (secondary N) is 1. The monoisotopic (exact) mass is 236 g/mol. The Labute approximate surface area is 106 Å². The summed E-state index contributed by atoms with van der Waals surface area (Å²) in [6.07, 6.45) is 8.62. The van der Waals surface area contributed by atoms with Gasteiger partial charge in [-0.3, -0.25) is 4.90 Å². The van der Waals surface area contributed by atoms with Crippen LogP contribution in [0.5, 0.6) is 0 Å². The van der Waals surface area contributed by atoms with Gasteiger partial charge in [-0.25, -0.2) is 0 Å². The van der Waals surface area contributed by atoms with Crippen LogP contribution >= 0.6 is 0 Å². The molecule has 0 radical (unpaired) electrons. The molecule has 98 valence electrons. The van der Waals surface area contributed by atoms with Gasteiger partial charge in [0.1, 0.15) is 0 Å². The molecular formula is C15H28N2. The summed E-state index contributed by atoms with van der Waals surface area (Å²) in [7, 11) is 0. The second-order valence-electron chi connectivity index (χ2n) is 6.95. The van der Waals surface area contributed by atoms with E-state index in [1.165, 1.54) is 38.5 Å². The number of piperidine rings is 1. The van der Waals surface area contributed by atoms with Gasteiger partial charge < -0.3 is 5.32 Å². The van der Waals surface area contributed by atoms with Gasteiger partial charge in [-0.05, 0) is 64.8 Å². The van der Waals surface area contributed by atoms with Crippen LogP contribution in [0.3, 0.4) is 0 Å². The maximum atomic E-state index is 3.68. The van der Waals surface area contributed by atoms with Crippen LogP contribution in [0, 0.1) is 5.92 Å². The van der Waals surface area contributed by atoms with E-state index >= 15 is 0 Å². The first-order chi connectivity index (χ1) is 8.13. The van der Waals surface area contributed by atoms with Gasteiger partial charge in [-0.2, -0.15) is 0 Å². The van der Waals surface area contributed by atoms with Crippen LogP contribution in [0.2, 0.25) is 0 Å². The Balaban J connectivity index is 1.72. The fraction of sp³-hybridized carbons (Fsp3) is 1.00. The molecule has 3 rings (SSSR count). The minimum Gasteiger partial charge on any atom is -0.314 e. The van der Waals surface area contributed by atoms with Crippen LogP contribution < -0.4 is 5.32 Å². The lowest BCUT2D eigenvalue weighted by Gasteiger charge is -2.49. The van der Waals surface area contributed by atoms with E-state index < -0.39 is 0 Å². The zero-order valence-electron chi connectivity index (χ0n) is 11.7. The largest absolute Gasteiger partial charge is 0.314 e. The third-order valence-electron chi connectivity index (χ3n) is 5.47. The van der Waals surface area contributed by atoms with Crippen LogP contribution in [0.15, 0.2) is 0 Å². The van der Waals surface area contributed by atoms with Crippen molar-refractivity contribution in [3.63, 3.8) is 0 Å². The number of hydrogen-bond acceptors (Lipinski definition) is 2. The van der Waals surface area contributed by atoms with Crippen molar-refractivity contribution in [2.45, 2.75) is 83.0 Å². The molecule has 0 spiro atoms. The fourth-order valence-electron chi connectivity index (χ4n) is 4.57. The molecule has 3 fully saturated rings. The van der Waals surface area contributed by atoms with Gasteiger partial charge >= 0.3 is 0 Å². The number of rotatable bonds is 4. The lowest BCUT2D eigenvalue weighted by Crippen LogP contribution is -2.58. The molecule has 0 aromatic carbocycles. The van der Waals surface area contributed by atoms with Gasteiger partial charge in [0.05, 0.1) is 0 Å². The summed E-state index contributed by atoms with van der Waals surface area (Å²) >= 11 is 0. The summed E-state index contributed by atoms with van der Waals surface area (Å²) in [4.78, 5) is 2.92. The highest BCUT2D eigenvalue weighted by Crippen LogP contribution is 2.49. The zero-order chi connectivity index (χ0) is 12.0. The SMILES string of the molecule is CCNC1CC2CCC(C1)N2C(C)(C)C1CC1. The van der Waals surface area contributed by atoms with Gasteiger partial charge in [0, 0.05) is 23.7 Å². The van der Waals surface area contributed by atoms with Crippen molar-refractivity contribution in [1.29, 1.82) is 0 Å². The highest BCUT2D eigenvalue weighted by Gasteiger charge is 2.51. The first kappa shape index (κ1) is 12.0. The molecule has 3 aliphatic rings. The van der Waals surface area contributed by atoms with Crippen molar-refractivity contribution in [2.75, 3.05) is 6.54 Å². The van der Waals surface area contributed by atoms with Crippen molar-refractivity contribution in [3.05, 3.63) is 0 Å². The molecule has 2 unspecified atom stereocenters. The summed E-state index contributed by atoms with van der Waals surface area (Å²) in [5.41, 5.74) is 0.475. The van der Waals surface area contributed by atoms with Gasteiger partial charge in [-0.15, -0.1) is 0 Å². The molecule has 0 amide bonds. The fourth-order valence-corrected chi connectivity index (χ4v) is 4.57. The second-order valence-corrected chi connectivity index (χ2v) is 6.95. The lowest BCUT2D eigenvalue weighted by atomic mass is 9.87. The molecular weight excluding hydrogens is 208 g/mol. The molecule has 1 N–H and O–H groups in total. The Kier molecular flexibility index (Phi) is 2.99. The third-order valence-corrected chi connectivity index (χ3v) is 5.47. The van der Waals surface area contributed by atoms with Gasteiger partial charge in [0.25, 0.3) is 0 Å². The predicted molar refractivity (Wildman–Crippen MR) is 72.2 cm³/mol. The Morgan fingerprint density at radius 2 is 1.65 bits per heavy atom. The van der Waals surface area contributed by atoms with E-state index in [4.69, 9.17) is 0 Å². The maximum Gasteiger partial charge on any atom is 0.0187 e. The number of nitrogens with zero attached hydrogens (tertiary/aromatic N) is 1. The Morgan fingerprint density at radius 3 is 2.12 bits per heavy atom. The predicted octanol–water partition coefficient (Wildman–Crippen LogP) is 2.78. The van der Waals surface area contributed by atoms with Crippen LogP contribution in [-0.2, 0) is 0 Å². The number of hydrogen-bond donors (Lipinski definition) is 1. The molecule has 2 heterocycles. The van der Waals surface area contributed by atoms with E-state index in [1.54, 1.807) is 0 Å². The highest BCUT2D eigenvalue weighted by molar-refractivity contribution is 5.07. The average molecular weight is 236 g/mol. The molecule has 2 bridgehead atoms. The van der Waals surface area contributed by atoms with Crippen LogP contribution in [-0.4, -0.2) is 35.1 Å². The van der Waals surface area contributed by atoms with Crippen molar-refractivity contribution in [2.24, 2.45) is 5.92 Å². The van der Waals surface area contributed by atoms with Crippen molar-refractivity contribution in [3.8, 4) is 0 Å². The average Bonchev–Trinajstić information content (AvgIpc) is 3.06. The van der Waals surface area contributed by atoms with Crippen LogP contribution in [0.4, 0.5) is 0 Å². The summed E-state index contributed by atoms with van der Waals surface area (Å²) < 4.78 is 0. The molecule has 17 heavy (non-hydrogen) atoms. The van der Waals surface area contributed by atoms with Crippen molar-refractivity contribution < 1.29 is 0 Å². The smallest absolute Gasteiger partial charge is 0.0187 e. The van der Waals surface area contributed by atoms with E-state index in [2.05, 4.69) is 31.0 Å². The topological polar surface area (TPSA) is 15.3 Å². The standard InChI is InChI=1S/C15H28N2/c1-4-16-12-9-13-7-8-14(10-12)17(13)15(2,3)11-5-6-11/h11-14,16H,4-10H2,1-3H3. The Morgan fingerprint density at radius 1 is 1.06 bits per heavy atom. The van der Waals surface area contributed by atoms with Gasteiger partial charge in [-0.1, -0.05) is 6.92 Å². The Hall–Kier alpha value is -0.0800. The molecule has 1 aliphatic carbocycles. The summed E-state index contributed by atoms with van der Waals surface area (Å²) in [5.74, 6) is 0.987. The molecule has 2 saturated heterocycles. The van der Waals surface area contributed by atoms with E-state index in [9.17, 15) is 0 Å². The van der Waals surface area contributed by atoms with Crippen LogP contribution in [0.25, 0.3) is 0 Å². The molecule has 0 aromatic heterocycles. The minimum absolute atomic E-state index is 0.475. The van der Waals surface area contributed by atoms with E-state index in [0.29, 0.717) is 5.54 Å².